The second-order valence-corrected chi connectivity index (χ2v) is 6.11. The van der Waals surface area contributed by atoms with Crippen LogP contribution in [0.3, 0.4) is 0 Å². The third kappa shape index (κ3) is 4.74. The van der Waals surface area contributed by atoms with Crippen molar-refractivity contribution in [3.63, 3.8) is 0 Å². The van der Waals surface area contributed by atoms with Crippen molar-refractivity contribution >= 4 is 41.5 Å². The van der Waals surface area contributed by atoms with Gasteiger partial charge in [0.2, 0.25) is 5.88 Å². The molecule has 0 aliphatic rings. The topological polar surface area (TPSA) is 94.4 Å². The van der Waals surface area contributed by atoms with E-state index in [9.17, 15) is 9.90 Å². The van der Waals surface area contributed by atoms with Gasteiger partial charge in [0.1, 0.15) is 5.56 Å². The molecule has 7 nitrogen and oxygen atoms in total. The van der Waals surface area contributed by atoms with E-state index < -0.39 is 5.56 Å². The predicted octanol–water partition coefficient (Wildman–Crippen LogP) is 2.90. The van der Waals surface area contributed by atoms with Crippen LogP contribution in [0.5, 0.6) is 5.88 Å². The normalized spacial score (nSPS) is 12.1. The maximum Gasteiger partial charge on any atom is 0.264 e. The van der Waals surface area contributed by atoms with Crippen molar-refractivity contribution in [3.8, 4) is 5.88 Å². The lowest BCUT2D eigenvalue weighted by Crippen LogP contribution is -2.25. The molecule has 0 unspecified atom stereocenters. The Morgan fingerprint density at radius 1 is 1.44 bits per heavy atom. The Bertz CT molecular complexity index is 890. The Morgan fingerprint density at radius 3 is 2.76 bits per heavy atom. The minimum atomic E-state index is -0.519. The fourth-order valence-electron chi connectivity index (χ4n) is 2.10. The van der Waals surface area contributed by atoms with E-state index in [1.165, 1.54) is 10.8 Å². The predicted molar refractivity (Wildman–Crippen MR) is 106 cm³/mol. The van der Waals surface area contributed by atoms with Crippen LogP contribution in [0.2, 0.25) is 0 Å². The summed E-state index contributed by atoms with van der Waals surface area (Å²) in [5.41, 5.74) is 2.89. The van der Waals surface area contributed by atoms with Gasteiger partial charge in [-0.25, -0.2) is 0 Å². The average molecular weight is 377 g/mol. The molecule has 0 spiro atoms. The van der Waals surface area contributed by atoms with Crippen LogP contribution in [0.4, 0.5) is 5.69 Å². The van der Waals surface area contributed by atoms with Crippen molar-refractivity contribution in [3.05, 3.63) is 51.0 Å². The average Bonchev–Trinajstić information content (AvgIpc) is 2.58. The molecule has 0 bridgehead atoms. The first-order valence-electron chi connectivity index (χ1n) is 7.67. The smallest absolute Gasteiger partial charge is 0.264 e. The molecule has 1 heterocycles. The lowest BCUT2D eigenvalue weighted by atomic mass is 10.2. The van der Waals surface area contributed by atoms with Crippen molar-refractivity contribution in [2.24, 2.45) is 5.10 Å². The van der Waals surface area contributed by atoms with E-state index >= 15 is 0 Å². The first-order chi connectivity index (χ1) is 11.9. The summed E-state index contributed by atoms with van der Waals surface area (Å²) in [5.74, 6) is -0.226. The number of hydrazone groups is 1. The van der Waals surface area contributed by atoms with Gasteiger partial charge in [-0.2, -0.15) is 5.10 Å². The highest BCUT2D eigenvalue weighted by molar-refractivity contribution is 7.80. The zero-order valence-electron chi connectivity index (χ0n) is 13.8. The van der Waals surface area contributed by atoms with Crippen LogP contribution in [0, 0.1) is 4.77 Å². The van der Waals surface area contributed by atoms with Gasteiger partial charge in [0.15, 0.2) is 9.88 Å². The number of nitrogens with zero attached hydrogens (tertiary/aromatic N) is 2. The highest BCUT2D eigenvalue weighted by Crippen LogP contribution is 2.19. The van der Waals surface area contributed by atoms with Gasteiger partial charge in [0, 0.05) is 11.7 Å². The number of hydrogen-bond acceptors (Lipinski definition) is 5. The summed E-state index contributed by atoms with van der Waals surface area (Å²) < 4.78 is 1.65. The molecule has 1 atom stereocenters. The number of aromatic hydroxyl groups is 1. The van der Waals surface area contributed by atoms with E-state index in [1.807, 2.05) is 44.2 Å². The van der Waals surface area contributed by atoms with Crippen LogP contribution in [0.25, 0.3) is 0 Å². The Labute approximate surface area is 155 Å². The number of aromatic amines is 1. The lowest BCUT2D eigenvalue weighted by Gasteiger charge is -2.16. The molecule has 2 aromatic rings. The molecule has 25 heavy (non-hydrogen) atoms. The van der Waals surface area contributed by atoms with Gasteiger partial charge in [0.05, 0.1) is 6.21 Å². The van der Waals surface area contributed by atoms with Crippen LogP contribution < -0.4 is 16.3 Å². The minimum Gasteiger partial charge on any atom is -0.494 e. The van der Waals surface area contributed by atoms with Crippen molar-refractivity contribution in [2.75, 3.05) is 5.32 Å². The SMILES string of the molecule is CC[C@H](C)n1c(O)c(/C=N/NC(=S)Nc2ccccc2)c(=O)[nH]c1=S. The van der Waals surface area contributed by atoms with Gasteiger partial charge in [-0.05, 0) is 49.9 Å². The van der Waals surface area contributed by atoms with E-state index in [0.717, 1.165) is 12.1 Å². The van der Waals surface area contributed by atoms with Crippen molar-refractivity contribution in [2.45, 2.75) is 26.3 Å². The monoisotopic (exact) mass is 377 g/mol. The Balaban J connectivity index is 2.17. The Hall–Kier alpha value is -2.52. The Kier molecular flexibility index (Phi) is 6.43. The van der Waals surface area contributed by atoms with Crippen molar-refractivity contribution in [1.29, 1.82) is 0 Å². The van der Waals surface area contributed by atoms with Crippen LogP contribution in [-0.2, 0) is 0 Å². The maximum absolute atomic E-state index is 12.0. The molecule has 0 saturated carbocycles. The molecule has 132 valence electrons. The van der Waals surface area contributed by atoms with Crippen LogP contribution >= 0.6 is 24.4 Å². The number of benzene rings is 1. The zero-order chi connectivity index (χ0) is 18.4. The Morgan fingerprint density at radius 2 is 2.12 bits per heavy atom. The van der Waals surface area contributed by atoms with E-state index in [0.29, 0.717) is 0 Å². The van der Waals surface area contributed by atoms with E-state index in [2.05, 4.69) is 20.8 Å². The molecule has 9 heteroatoms. The molecule has 2 rings (SSSR count). The maximum atomic E-state index is 12.0. The number of nitrogens with one attached hydrogen (secondary N) is 3. The van der Waals surface area contributed by atoms with Gasteiger partial charge in [-0.3, -0.25) is 19.8 Å². The van der Waals surface area contributed by atoms with Gasteiger partial charge in [0.25, 0.3) is 5.56 Å². The van der Waals surface area contributed by atoms with Gasteiger partial charge in [-0.15, -0.1) is 0 Å². The molecule has 4 N–H and O–H groups in total. The summed E-state index contributed by atoms with van der Waals surface area (Å²) >= 11 is 10.2. The molecule has 1 aromatic heterocycles. The first-order valence-corrected chi connectivity index (χ1v) is 8.48. The highest BCUT2D eigenvalue weighted by Gasteiger charge is 2.14. The van der Waals surface area contributed by atoms with E-state index in [4.69, 9.17) is 24.4 Å². The zero-order valence-corrected chi connectivity index (χ0v) is 15.4. The summed E-state index contributed by atoms with van der Waals surface area (Å²) in [6, 6.07) is 9.28. The fraction of sp³-hybridized carbons (Fsp3) is 0.250. The molecule has 1 aromatic carbocycles. The first kappa shape index (κ1) is 18.8. The standard InChI is InChI=1S/C16H19N5O2S2/c1-3-10(2)21-14(23)12(13(22)19-16(21)25)9-17-20-15(24)18-11-7-5-4-6-8-11/h4-10,23H,3H2,1-2H3,(H2,18,20,24)(H,19,22,25)/b17-9+/t10-/m0/s1. The number of H-pyrrole nitrogens is 1. The lowest BCUT2D eigenvalue weighted by molar-refractivity contribution is 0.371. The molecule has 0 fully saturated rings. The number of anilines is 1. The van der Waals surface area contributed by atoms with Gasteiger partial charge >= 0.3 is 0 Å². The highest BCUT2D eigenvalue weighted by atomic mass is 32.1. The number of aromatic nitrogens is 2. The summed E-state index contributed by atoms with van der Waals surface area (Å²) in [4.78, 5) is 14.6. The third-order valence-corrected chi connectivity index (χ3v) is 4.07. The van der Waals surface area contributed by atoms with Crippen LogP contribution in [-0.4, -0.2) is 26.0 Å². The summed E-state index contributed by atoms with van der Waals surface area (Å²) in [6.07, 6.45) is 1.95. The molecule has 0 aliphatic carbocycles. The molecule has 0 amide bonds. The second kappa shape index (κ2) is 8.54. The molecule has 0 aliphatic heterocycles. The van der Waals surface area contributed by atoms with Gasteiger partial charge in [-0.1, -0.05) is 25.1 Å². The minimum absolute atomic E-state index is 0.00362. The summed E-state index contributed by atoms with van der Waals surface area (Å²) in [7, 11) is 0. The molecule has 0 saturated heterocycles. The third-order valence-electron chi connectivity index (χ3n) is 3.58. The quantitative estimate of drug-likeness (QED) is 0.364. The number of hydrogen-bond donors (Lipinski definition) is 4. The summed E-state index contributed by atoms with van der Waals surface area (Å²) in [5, 5.41) is 17.5. The van der Waals surface area contributed by atoms with Gasteiger partial charge < -0.3 is 10.4 Å². The number of para-hydroxylation sites is 1. The number of rotatable bonds is 5. The van der Waals surface area contributed by atoms with Crippen LogP contribution in [0.15, 0.2) is 40.2 Å². The fourth-order valence-corrected chi connectivity index (χ4v) is 2.63. The van der Waals surface area contributed by atoms with E-state index in [1.54, 1.807) is 0 Å². The molecular weight excluding hydrogens is 358 g/mol. The van der Waals surface area contributed by atoms with Crippen LogP contribution in [0.1, 0.15) is 31.9 Å². The number of thiocarbonyl (C=S) groups is 1. The molecular formula is C16H19N5O2S2. The van der Waals surface area contributed by atoms with Crippen molar-refractivity contribution < 1.29 is 5.11 Å². The molecule has 0 radical (unpaired) electrons. The summed E-state index contributed by atoms with van der Waals surface area (Å²) in [6.45, 7) is 3.85. The largest absolute Gasteiger partial charge is 0.494 e. The second-order valence-electron chi connectivity index (χ2n) is 5.31. The van der Waals surface area contributed by atoms with E-state index in [-0.39, 0.29) is 27.4 Å². The van der Waals surface area contributed by atoms with Crippen molar-refractivity contribution in [1.82, 2.24) is 15.0 Å².